The zero-order valence-electron chi connectivity index (χ0n) is 15.6. The summed E-state index contributed by atoms with van der Waals surface area (Å²) in [6.07, 6.45) is 14.6. The van der Waals surface area contributed by atoms with E-state index in [0.29, 0.717) is 5.92 Å². The normalized spacial score (nSPS) is 17.8. The molecule has 0 amide bonds. The van der Waals surface area contributed by atoms with E-state index in [1.165, 1.54) is 16.7 Å². The highest BCUT2D eigenvalue weighted by Gasteiger charge is 2.16. The number of nitrogens with one attached hydrogen (secondary N) is 1. The molecule has 0 saturated heterocycles. The fourth-order valence-electron chi connectivity index (χ4n) is 3.12. The first kappa shape index (κ1) is 20.8. The van der Waals surface area contributed by atoms with Gasteiger partial charge in [0.2, 0.25) is 0 Å². The van der Waals surface area contributed by atoms with Gasteiger partial charge in [0.15, 0.2) is 0 Å². The average molecular weight is 336 g/mol. The van der Waals surface area contributed by atoms with Gasteiger partial charge in [0.1, 0.15) is 0 Å². The van der Waals surface area contributed by atoms with Gasteiger partial charge in [-0.25, -0.2) is 0 Å². The summed E-state index contributed by atoms with van der Waals surface area (Å²) in [5, 5.41) is 3.11. The summed E-state index contributed by atoms with van der Waals surface area (Å²) in [7, 11) is 1.88. The lowest BCUT2D eigenvalue weighted by Gasteiger charge is -2.22. The lowest BCUT2D eigenvalue weighted by Crippen LogP contribution is -2.12. The molecule has 0 heterocycles. The number of terminal acetylenes is 1. The molecule has 1 nitrogen and oxygen atoms in total. The van der Waals surface area contributed by atoms with Crippen LogP contribution in [-0.2, 0) is 11.8 Å². The maximum atomic E-state index is 5.58. The summed E-state index contributed by atoms with van der Waals surface area (Å²) < 4.78 is 0. The van der Waals surface area contributed by atoms with Crippen molar-refractivity contribution in [3.05, 3.63) is 70.5 Å². The van der Waals surface area contributed by atoms with Crippen molar-refractivity contribution >= 4 is 0 Å². The van der Waals surface area contributed by atoms with E-state index in [-0.39, 0.29) is 12.8 Å². The first-order valence-electron chi connectivity index (χ1n) is 8.68. The molecule has 0 aliphatic heterocycles. The molecule has 1 heteroatoms. The van der Waals surface area contributed by atoms with E-state index < -0.39 is 0 Å². The zero-order valence-corrected chi connectivity index (χ0v) is 15.6. The second-order valence-corrected chi connectivity index (χ2v) is 7.57. The molecule has 1 aliphatic rings. The minimum Gasteiger partial charge on any atom is -0.381 e. The van der Waals surface area contributed by atoms with Crippen LogP contribution >= 0.6 is 0 Å². The van der Waals surface area contributed by atoms with Crippen LogP contribution in [-0.4, -0.2) is 7.05 Å². The van der Waals surface area contributed by atoms with Gasteiger partial charge in [-0.1, -0.05) is 76.6 Å². The molecular formula is C24H33N. The third kappa shape index (κ3) is 5.40. The van der Waals surface area contributed by atoms with Crippen LogP contribution in [0.25, 0.3) is 0 Å². The van der Waals surface area contributed by atoms with Gasteiger partial charge >= 0.3 is 0 Å². The average Bonchev–Trinajstić information content (AvgIpc) is 2.55. The maximum absolute atomic E-state index is 5.58. The van der Waals surface area contributed by atoms with Crippen molar-refractivity contribution in [2.45, 2.75) is 53.4 Å². The van der Waals surface area contributed by atoms with E-state index in [1.54, 1.807) is 0 Å². The predicted molar refractivity (Wildman–Crippen MR) is 111 cm³/mol. The minimum atomic E-state index is 0. The van der Waals surface area contributed by atoms with Gasteiger partial charge in [-0.15, -0.1) is 6.42 Å². The van der Waals surface area contributed by atoms with Crippen LogP contribution < -0.4 is 5.32 Å². The van der Waals surface area contributed by atoms with Crippen molar-refractivity contribution in [3.63, 3.8) is 0 Å². The number of rotatable bonds is 4. The molecule has 134 valence electrons. The first-order valence-corrected chi connectivity index (χ1v) is 8.68. The van der Waals surface area contributed by atoms with Gasteiger partial charge in [0, 0.05) is 7.05 Å². The van der Waals surface area contributed by atoms with Crippen LogP contribution in [0.5, 0.6) is 0 Å². The monoisotopic (exact) mass is 335 g/mol. The van der Waals surface area contributed by atoms with Crippen molar-refractivity contribution < 1.29 is 0 Å². The van der Waals surface area contributed by atoms with E-state index in [2.05, 4.69) is 81.4 Å². The Bertz CT molecular complexity index is 717. The summed E-state index contributed by atoms with van der Waals surface area (Å²) in [5.41, 5.74) is 6.24. The molecule has 0 radical (unpaired) electrons. The molecule has 1 aromatic rings. The maximum Gasteiger partial charge on any atom is 0.0883 e. The van der Waals surface area contributed by atoms with Gasteiger partial charge in [0.05, 0.1) is 5.70 Å². The summed E-state index contributed by atoms with van der Waals surface area (Å²) in [6.45, 7) is 8.88. The van der Waals surface area contributed by atoms with Crippen LogP contribution in [0.3, 0.4) is 0 Å². The highest BCUT2D eigenvalue weighted by Crippen LogP contribution is 2.28. The van der Waals surface area contributed by atoms with Gasteiger partial charge in [-0.05, 0) is 53.4 Å². The minimum absolute atomic E-state index is 0. The Hall–Kier alpha value is -2.20. The largest absolute Gasteiger partial charge is 0.381 e. The Morgan fingerprint density at radius 3 is 2.64 bits per heavy atom. The van der Waals surface area contributed by atoms with Crippen molar-refractivity contribution in [3.8, 4) is 12.3 Å². The van der Waals surface area contributed by atoms with Gasteiger partial charge in [0.25, 0.3) is 0 Å². The van der Waals surface area contributed by atoms with Crippen LogP contribution in [0.4, 0.5) is 0 Å². The second-order valence-electron chi connectivity index (χ2n) is 7.57. The lowest BCUT2D eigenvalue weighted by molar-refractivity contribution is 0.586. The first-order chi connectivity index (χ1) is 11.3. The second kappa shape index (κ2) is 8.77. The number of allylic oxidation sites excluding steroid dienone is 6. The Morgan fingerprint density at radius 1 is 1.32 bits per heavy atom. The van der Waals surface area contributed by atoms with E-state index in [0.717, 1.165) is 24.1 Å². The number of benzene rings is 1. The zero-order chi connectivity index (χ0) is 17.7. The molecule has 1 aliphatic carbocycles. The van der Waals surface area contributed by atoms with Gasteiger partial charge in [-0.3, -0.25) is 0 Å². The van der Waals surface area contributed by atoms with E-state index in [1.807, 2.05) is 7.05 Å². The Labute approximate surface area is 154 Å². The summed E-state index contributed by atoms with van der Waals surface area (Å²) in [6, 6.07) is 9.01. The molecule has 0 saturated carbocycles. The Kier molecular flexibility index (Phi) is 7.31. The summed E-state index contributed by atoms with van der Waals surface area (Å²) >= 11 is 0. The summed E-state index contributed by atoms with van der Waals surface area (Å²) in [4.78, 5) is 0. The van der Waals surface area contributed by atoms with Crippen LogP contribution in [0.2, 0.25) is 0 Å². The third-order valence-electron chi connectivity index (χ3n) is 4.64. The van der Waals surface area contributed by atoms with Crippen LogP contribution in [0.15, 0.2) is 59.3 Å². The van der Waals surface area contributed by atoms with Crippen LogP contribution in [0.1, 0.15) is 52.7 Å². The molecule has 2 rings (SSSR count). The molecular weight excluding hydrogens is 302 g/mol. The highest BCUT2D eigenvalue weighted by molar-refractivity contribution is 5.47. The van der Waals surface area contributed by atoms with Crippen LogP contribution in [0, 0.1) is 18.3 Å². The van der Waals surface area contributed by atoms with Gasteiger partial charge in [-0.2, -0.15) is 0 Å². The van der Waals surface area contributed by atoms with Crippen molar-refractivity contribution in [2.75, 3.05) is 7.05 Å². The van der Waals surface area contributed by atoms with Crippen molar-refractivity contribution in [2.24, 2.45) is 5.92 Å². The Morgan fingerprint density at radius 2 is 2.04 bits per heavy atom. The third-order valence-corrected chi connectivity index (χ3v) is 4.64. The molecule has 1 unspecified atom stereocenters. The molecule has 1 N–H and O–H groups in total. The van der Waals surface area contributed by atoms with Crippen molar-refractivity contribution in [1.29, 1.82) is 0 Å². The quantitative estimate of drug-likeness (QED) is 0.687. The molecule has 1 atom stereocenters. The SMILES string of the molecule is C.C#C/C(NC)=C(/C)C1=CC(Cc2cccc(C(C)(C)C)c2)CC=C1. The molecule has 0 spiro atoms. The predicted octanol–water partition coefficient (Wildman–Crippen LogP) is 5.79. The molecule has 0 aromatic heterocycles. The molecule has 0 bridgehead atoms. The van der Waals surface area contributed by atoms with E-state index >= 15 is 0 Å². The number of hydrogen-bond acceptors (Lipinski definition) is 1. The fraction of sp³-hybridized carbons (Fsp3) is 0.417. The van der Waals surface area contributed by atoms with Crippen molar-refractivity contribution in [1.82, 2.24) is 5.32 Å². The molecule has 0 fully saturated rings. The lowest BCUT2D eigenvalue weighted by atomic mass is 9.83. The van der Waals surface area contributed by atoms with E-state index in [9.17, 15) is 0 Å². The smallest absolute Gasteiger partial charge is 0.0883 e. The van der Waals surface area contributed by atoms with E-state index in [4.69, 9.17) is 6.42 Å². The number of hydrogen-bond donors (Lipinski definition) is 1. The molecule has 1 aromatic carbocycles. The Balaban J connectivity index is 0.00000312. The standard InChI is InChI=1S/C23H29N.CH4/c1-7-22(24-6)17(2)20-12-8-10-18(15-20)14-19-11-9-13-21(16-19)23(3,4)5;/h1,8-9,11-13,15-16,18,24H,10,14H2,2-6H3;1H4/b22-17+;. The summed E-state index contributed by atoms with van der Waals surface area (Å²) in [5.74, 6) is 3.25. The van der Waals surface area contributed by atoms with Gasteiger partial charge < -0.3 is 5.32 Å². The fourth-order valence-corrected chi connectivity index (χ4v) is 3.12. The highest BCUT2D eigenvalue weighted by atomic mass is 14.8. The topological polar surface area (TPSA) is 12.0 Å². The molecule has 25 heavy (non-hydrogen) atoms.